The number of aliphatic carboxylic acids is 1. The number of hydrogen-bond acceptors (Lipinski definition) is 3. The van der Waals surface area contributed by atoms with E-state index in [1.807, 2.05) is 6.08 Å². The van der Waals surface area contributed by atoms with Gasteiger partial charge in [0.1, 0.15) is 0 Å². The van der Waals surface area contributed by atoms with Crippen molar-refractivity contribution in [2.24, 2.45) is 0 Å². The minimum Gasteiger partial charge on any atom is -0.481 e. The van der Waals surface area contributed by atoms with E-state index in [4.69, 9.17) is 5.11 Å². The lowest BCUT2D eigenvalue weighted by atomic mass is 10.0. The molecule has 0 saturated carbocycles. The molecule has 0 radical (unpaired) electrons. The number of hydrogen-bond donors (Lipinski definition) is 3. The zero-order valence-corrected chi connectivity index (χ0v) is 14.0. The summed E-state index contributed by atoms with van der Waals surface area (Å²) in [6.07, 6.45) is 13.3. The molecule has 0 rings (SSSR count). The van der Waals surface area contributed by atoms with Crippen LogP contribution in [0.5, 0.6) is 0 Å². The largest absolute Gasteiger partial charge is 0.481 e. The number of rotatable bonds is 15. The molecule has 0 bridgehead atoms. The maximum absolute atomic E-state index is 10.3. The first-order valence-electron chi connectivity index (χ1n) is 8.80. The van der Waals surface area contributed by atoms with Crippen LogP contribution in [-0.4, -0.2) is 33.5 Å². The van der Waals surface area contributed by atoms with Crippen LogP contribution in [-0.2, 0) is 4.79 Å². The Balaban J connectivity index is 3.49. The van der Waals surface area contributed by atoms with Gasteiger partial charge < -0.3 is 15.3 Å². The van der Waals surface area contributed by atoms with Crippen LogP contribution in [0.3, 0.4) is 0 Å². The molecule has 2 atom stereocenters. The molecule has 130 valence electrons. The van der Waals surface area contributed by atoms with E-state index in [9.17, 15) is 15.0 Å². The van der Waals surface area contributed by atoms with E-state index in [-0.39, 0.29) is 6.42 Å². The molecule has 22 heavy (non-hydrogen) atoms. The van der Waals surface area contributed by atoms with Crippen molar-refractivity contribution < 1.29 is 20.1 Å². The van der Waals surface area contributed by atoms with Crippen LogP contribution in [0.25, 0.3) is 0 Å². The molecule has 0 aromatic carbocycles. The normalized spacial score (nSPS) is 14.3. The van der Waals surface area contributed by atoms with E-state index in [2.05, 4.69) is 13.0 Å². The molecule has 0 aliphatic rings. The topological polar surface area (TPSA) is 77.8 Å². The second kappa shape index (κ2) is 15.0. The van der Waals surface area contributed by atoms with Crippen molar-refractivity contribution in [2.75, 3.05) is 0 Å². The molecular formula is C18H34O4. The summed E-state index contributed by atoms with van der Waals surface area (Å²) in [5, 5.41) is 28.2. The summed E-state index contributed by atoms with van der Waals surface area (Å²) in [5.41, 5.74) is 0. The first-order valence-corrected chi connectivity index (χ1v) is 8.80. The van der Waals surface area contributed by atoms with Crippen molar-refractivity contribution >= 4 is 5.97 Å². The molecule has 0 amide bonds. The van der Waals surface area contributed by atoms with Crippen LogP contribution in [0, 0.1) is 0 Å². The lowest BCUT2D eigenvalue weighted by Gasteiger charge is -2.16. The summed E-state index contributed by atoms with van der Waals surface area (Å²) in [6.45, 7) is 2.18. The molecule has 4 nitrogen and oxygen atoms in total. The Bertz CT molecular complexity index is 289. The van der Waals surface area contributed by atoms with Gasteiger partial charge in [-0.1, -0.05) is 57.6 Å². The lowest BCUT2D eigenvalue weighted by molar-refractivity contribution is -0.137. The fourth-order valence-electron chi connectivity index (χ4n) is 2.38. The Morgan fingerprint density at radius 1 is 0.909 bits per heavy atom. The van der Waals surface area contributed by atoms with E-state index in [0.29, 0.717) is 12.8 Å². The third-order valence-corrected chi connectivity index (χ3v) is 3.85. The number of carboxylic acid groups (broad SMARTS) is 1. The first kappa shape index (κ1) is 21.1. The average molecular weight is 314 g/mol. The highest BCUT2D eigenvalue weighted by Gasteiger charge is 2.13. The summed E-state index contributed by atoms with van der Waals surface area (Å²) in [5.74, 6) is -0.735. The fraction of sp³-hybridized carbons (Fsp3) is 0.833. The molecule has 0 aromatic rings. The molecule has 0 saturated heterocycles. The number of carboxylic acids is 1. The maximum atomic E-state index is 10.3. The Labute approximate surface area is 135 Å². The minimum absolute atomic E-state index is 0.242. The molecule has 0 aliphatic heterocycles. The molecule has 3 N–H and O–H groups in total. The number of aliphatic hydroxyl groups excluding tert-OH is 2. The van der Waals surface area contributed by atoms with Gasteiger partial charge in [0.2, 0.25) is 0 Å². The van der Waals surface area contributed by atoms with Crippen molar-refractivity contribution in [1.29, 1.82) is 0 Å². The summed E-state index contributed by atoms with van der Waals surface area (Å²) < 4.78 is 0. The Kier molecular flexibility index (Phi) is 14.4. The van der Waals surface area contributed by atoms with Crippen LogP contribution in [0.1, 0.15) is 84.0 Å². The Morgan fingerprint density at radius 3 is 2.27 bits per heavy atom. The van der Waals surface area contributed by atoms with Crippen LogP contribution in [0.4, 0.5) is 0 Å². The number of carbonyl (C=O) groups is 1. The summed E-state index contributed by atoms with van der Waals surface area (Å²) in [4.78, 5) is 10.3. The van der Waals surface area contributed by atoms with Gasteiger partial charge in [-0.25, -0.2) is 0 Å². The smallest absolute Gasteiger partial charge is 0.303 e. The summed E-state index contributed by atoms with van der Waals surface area (Å²) in [6, 6.07) is 0. The highest BCUT2D eigenvalue weighted by molar-refractivity contribution is 5.66. The zero-order chi connectivity index (χ0) is 16.6. The minimum atomic E-state index is -0.735. The SMILES string of the molecule is CCCCC/C=C/C[C@H](O)[C@H](O)CCCCCCCC(=O)O. The molecule has 0 aromatic heterocycles. The van der Waals surface area contributed by atoms with Crippen LogP contribution in [0.15, 0.2) is 12.2 Å². The van der Waals surface area contributed by atoms with E-state index in [1.54, 1.807) is 0 Å². The molecule has 0 fully saturated rings. The van der Waals surface area contributed by atoms with Crippen LogP contribution in [0.2, 0.25) is 0 Å². The van der Waals surface area contributed by atoms with E-state index in [0.717, 1.165) is 38.5 Å². The van der Waals surface area contributed by atoms with E-state index >= 15 is 0 Å². The quantitative estimate of drug-likeness (QED) is 0.315. The molecule has 0 heterocycles. The number of allylic oxidation sites excluding steroid dienone is 1. The lowest BCUT2D eigenvalue weighted by Crippen LogP contribution is -2.25. The van der Waals surface area contributed by atoms with Gasteiger partial charge in [0.25, 0.3) is 0 Å². The van der Waals surface area contributed by atoms with Gasteiger partial charge in [0, 0.05) is 6.42 Å². The van der Waals surface area contributed by atoms with Gasteiger partial charge in [-0.2, -0.15) is 0 Å². The third kappa shape index (κ3) is 14.1. The molecule has 4 heteroatoms. The zero-order valence-electron chi connectivity index (χ0n) is 14.0. The van der Waals surface area contributed by atoms with Gasteiger partial charge >= 0.3 is 5.97 Å². The Morgan fingerprint density at radius 2 is 1.59 bits per heavy atom. The van der Waals surface area contributed by atoms with Crippen molar-refractivity contribution in [1.82, 2.24) is 0 Å². The highest BCUT2D eigenvalue weighted by atomic mass is 16.4. The Hall–Kier alpha value is -0.870. The third-order valence-electron chi connectivity index (χ3n) is 3.85. The molecule has 0 aliphatic carbocycles. The molecule has 0 unspecified atom stereocenters. The second-order valence-electron chi connectivity index (χ2n) is 6.04. The van der Waals surface area contributed by atoms with Gasteiger partial charge in [0.15, 0.2) is 0 Å². The molecule has 0 spiro atoms. The number of unbranched alkanes of at least 4 members (excludes halogenated alkanes) is 7. The second-order valence-corrected chi connectivity index (χ2v) is 6.04. The predicted octanol–water partition coefficient (Wildman–Crippen LogP) is 4.05. The average Bonchev–Trinajstić information content (AvgIpc) is 2.49. The van der Waals surface area contributed by atoms with Crippen molar-refractivity contribution in [3.8, 4) is 0 Å². The first-order chi connectivity index (χ1) is 10.6. The summed E-state index contributed by atoms with van der Waals surface area (Å²) in [7, 11) is 0. The van der Waals surface area contributed by atoms with Crippen molar-refractivity contribution in [3.05, 3.63) is 12.2 Å². The summed E-state index contributed by atoms with van der Waals surface area (Å²) >= 11 is 0. The van der Waals surface area contributed by atoms with Gasteiger partial charge in [-0.15, -0.1) is 0 Å². The van der Waals surface area contributed by atoms with E-state index < -0.39 is 18.2 Å². The number of aliphatic hydroxyl groups is 2. The standard InChI is InChI=1S/C18H34O4/c1-2-3-4-5-7-10-13-16(19)17(20)14-11-8-6-9-12-15-18(21)22/h7,10,16-17,19-20H,2-6,8-9,11-15H2,1H3,(H,21,22)/b10-7+/t16-,17+/m0/s1. The van der Waals surface area contributed by atoms with Crippen LogP contribution >= 0.6 is 0 Å². The van der Waals surface area contributed by atoms with Crippen molar-refractivity contribution in [3.63, 3.8) is 0 Å². The predicted molar refractivity (Wildman–Crippen MR) is 89.9 cm³/mol. The van der Waals surface area contributed by atoms with Gasteiger partial charge in [0.05, 0.1) is 12.2 Å². The highest BCUT2D eigenvalue weighted by Crippen LogP contribution is 2.12. The van der Waals surface area contributed by atoms with Crippen LogP contribution < -0.4 is 0 Å². The maximum Gasteiger partial charge on any atom is 0.303 e. The van der Waals surface area contributed by atoms with E-state index in [1.165, 1.54) is 19.3 Å². The monoisotopic (exact) mass is 314 g/mol. The van der Waals surface area contributed by atoms with Gasteiger partial charge in [-0.05, 0) is 32.1 Å². The van der Waals surface area contributed by atoms with Crippen molar-refractivity contribution in [2.45, 2.75) is 96.2 Å². The molecular weight excluding hydrogens is 280 g/mol. The fourth-order valence-corrected chi connectivity index (χ4v) is 2.38. The van der Waals surface area contributed by atoms with Gasteiger partial charge in [-0.3, -0.25) is 4.79 Å².